The summed E-state index contributed by atoms with van der Waals surface area (Å²) in [6.45, 7) is 0. The zero-order valence-electron chi connectivity index (χ0n) is 6.87. The fraction of sp³-hybridized carbons (Fsp3) is 0. The molecule has 1 aromatic carbocycles. The van der Waals surface area contributed by atoms with Crippen molar-refractivity contribution in [2.24, 2.45) is 0 Å². The number of benzene rings is 1. The van der Waals surface area contributed by atoms with Gasteiger partial charge in [-0.15, -0.1) is 0 Å². The lowest BCUT2D eigenvalue weighted by Crippen LogP contribution is -2.21. The first-order chi connectivity index (χ1) is 6.27. The van der Waals surface area contributed by atoms with Crippen LogP contribution in [-0.2, 0) is 4.79 Å². The van der Waals surface area contributed by atoms with Gasteiger partial charge in [0.05, 0.1) is 0 Å². The van der Waals surface area contributed by atoms with Crippen LogP contribution >= 0.6 is 0 Å². The van der Waals surface area contributed by atoms with Gasteiger partial charge in [0, 0.05) is 11.6 Å². The summed E-state index contributed by atoms with van der Waals surface area (Å²) in [5, 5.41) is 9.89. The Balaban J connectivity index is 2.43. The Bertz CT molecular complexity index is 393. The van der Waals surface area contributed by atoms with Crippen LogP contribution in [0.4, 0.5) is 0 Å². The molecule has 0 fully saturated rings. The van der Waals surface area contributed by atoms with E-state index in [0.29, 0.717) is 5.57 Å². The molecule has 1 heterocycles. The number of carbonyl (C=O) groups excluding carboxylic acids is 1. The van der Waals surface area contributed by atoms with Crippen LogP contribution in [0.15, 0.2) is 36.4 Å². The minimum atomic E-state index is -0.219. The standard InChI is InChI=1S/C10H8N2O/c11-10-8(6-9(13)12-10)7-4-2-1-3-5-7/h1-6H,(H2,11,12,13). The SMILES string of the molecule is N=C1NC(=O)C=C1c1ccccc1. The Kier molecular flexibility index (Phi) is 1.70. The van der Waals surface area contributed by atoms with Crippen molar-refractivity contribution in [3.8, 4) is 0 Å². The van der Waals surface area contributed by atoms with Crippen LogP contribution in [0.2, 0.25) is 0 Å². The van der Waals surface area contributed by atoms with Crippen molar-refractivity contribution < 1.29 is 4.79 Å². The maximum absolute atomic E-state index is 10.9. The molecule has 1 aromatic rings. The largest absolute Gasteiger partial charge is 0.307 e. The van der Waals surface area contributed by atoms with Gasteiger partial charge in [0.25, 0.3) is 0 Å². The molecule has 0 aliphatic carbocycles. The zero-order chi connectivity index (χ0) is 9.26. The third-order valence-corrected chi connectivity index (χ3v) is 1.88. The van der Waals surface area contributed by atoms with Gasteiger partial charge in [-0.3, -0.25) is 10.2 Å². The van der Waals surface area contributed by atoms with E-state index in [-0.39, 0.29) is 11.7 Å². The topological polar surface area (TPSA) is 53.0 Å². The highest BCUT2D eigenvalue weighted by Crippen LogP contribution is 2.17. The summed E-state index contributed by atoms with van der Waals surface area (Å²) < 4.78 is 0. The molecular formula is C10H8N2O. The summed E-state index contributed by atoms with van der Waals surface area (Å²) >= 11 is 0. The minimum Gasteiger partial charge on any atom is -0.307 e. The van der Waals surface area contributed by atoms with Crippen molar-refractivity contribution in [2.75, 3.05) is 0 Å². The predicted octanol–water partition coefficient (Wildman–Crippen LogP) is 1.18. The van der Waals surface area contributed by atoms with Gasteiger partial charge in [0.2, 0.25) is 5.91 Å². The predicted molar refractivity (Wildman–Crippen MR) is 50.3 cm³/mol. The molecule has 0 saturated heterocycles. The van der Waals surface area contributed by atoms with E-state index in [1.165, 1.54) is 6.08 Å². The smallest absolute Gasteiger partial charge is 0.250 e. The second-order valence-electron chi connectivity index (χ2n) is 2.79. The molecule has 3 heteroatoms. The number of amidine groups is 1. The van der Waals surface area contributed by atoms with Gasteiger partial charge in [-0.2, -0.15) is 0 Å². The van der Waals surface area contributed by atoms with Gasteiger partial charge in [0.1, 0.15) is 5.84 Å². The highest BCUT2D eigenvalue weighted by atomic mass is 16.1. The molecule has 0 radical (unpaired) electrons. The molecule has 1 aliphatic heterocycles. The van der Waals surface area contributed by atoms with E-state index in [1.807, 2.05) is 30.3 Å². The number of hydrogen-bond donors (Lipinski definition) is 2. The molecule has 0 saturated carbocycles. The van der Waals surface area contributed by atoms with E-state index in [9.17, 15) is 4.79 Å². The molecule has 0 spiro atoms. The summed E-state index contributed by atoms with van der Waals surface area (Å²) in [6.07, 6.45) is 1.44. The monoisotopic (exact) mass is 172 g/mol. The van der Waals surface area contributed by atoms with E-state index in [4.69, 9.17) is 5.41 Å². The lowest BCUT2D eigenvalue weighted by atomic mass is 10.1. The quantitative estimate of drug-likeness (QED) is 0.656. The third kappa shape index (κ3) is 1.36. The fourth-order valence-corrected chi connectivity index (χ4v) is 1.28. The summed E-state index contributed by atoms with van der Waals surface area (Å²) in [6, 6.07) is 9.41. The molecule has 3 nitrogen and oxygen atoms in total. The first kappa shape index (κ1) is 7.73. The normalized spacial score (nSPS) is 15.5. The Morgan fingerprint density at radius 2 is 1.85 bits per heavy atom. The first-order valence-electron chi connectivity index (χ1n) is 3.94. The average Bonchev–Trinajstić information content (AvgIpc) is 2.47. The summed E-state index contributed by atoms with van der Waals surface area (Å²) in [7, 11) is 0. The molecule has 1 amide bonds. The number of rotatable bonds is 1. The van der Waals surface area contributed by atoms with Crippen molar-refractivity contribution in [1.82, 2.24) is 5.32 Å². The van der Waals surface area contributed by atoms with Crippen molar-refractivity contribution in [2.45, 2.75) is 0 Å². The number of hydrogen-bond acceptors (Lipinski definition) is 2. The lowest BCUT2D eigenvalue weighted by Gasteiger charge is -2.00. The molecule has 13 heavy (non-hydrogen) atoms. The average molecular weight is 172 g/mol. The molecular weight excluding hydrogens is 164 g/mol. The lowest BCUT2D eigenvalue weighted by molar-refractivity contribution is -0.114. The third-order valence-electron chi connectivity index (χ3n) is 1.88. The minimum absolute atomic E-state index is 0.177. The molecule has 0 unspecified atom stereocenters. The molecule has 0 atom stereocenters. The second-order valence-corrected chi connectivity index (χ2v) is 2.79. The van der Waals surface area contributed by atoms with Gasteiger partial charge in [0.15, 0.2) is 0 Å². The highest BCUT2D eigenvalue weighted by molar-refractivity contribution is 6.34. The second kappa shape index (κ2) is 2.86. The van der Waals surface area contributed by atoms with Crippen molar-refractivity contribution in [3.05, 3.63) is 42.0 Å². The van der Waals surface area contributed by atoms with Gasteiger partial charge in [-0.1, -0.05) is 30.3 Å². The van der Waals surface area contributed by atoms with Crippen LogP contribution in [0.3, 0.4) is 0 Å². The van der Waals surface area contributed by atoms with Gasteiger partial charge >= 0.3 is 0 Å². The van der Waals surface area contributed by atoms with Crippen molar-refractivity contribution >= 4 is 17.3 Å². The Morgan fingerprint density at radius 3 is 2.38 bits per heavy atom. The van der Waals surface area contributed by atoms with E-state index in [1.54, 1.807) is 0 Å². The Morgan fingerprint density at radius 1 is 1.15 bits per heavy atom. The van der Waals surface area contributed by atoms with E-state index in [0.717, 1.165) is 5.56 Å². The highest BCUT2D eigenvalue weighted by Gasteiger charge is 2.17. The maximum Gasteiger partial charge on any atom is 0.250 e. The maximum atomic E-state index is 10.9. The van der Waals surface area contributed by atoms with Crippen molar-refractivity contribution in [3.63, 3.8) is 0 Å². The molecule has 2 N–H and O–H groups in total. The van der Waals surface area contributed by atoms with Crippen molar-refractivity contribution in [1.29, 1.82) is 5.41 Å². The van der Waals surface area contributed by atoms with Crippen LogP contribution < -0.4 is 5.32 Å². The van der Waals surface area contributed by atoms with Crippen LogP contribution in [0, 0.1) is 5.41 Å². The van der Waals surface area contributed by atoms with Crippen LogP contribution in [0.25, 0.3) is 5.57 Å². The molecule has 0 aromatic heterocycles. The number of carbonyl (C=O) groups is 1. The van der Waals surface area contributed by atoms with E-state index in [2.05, 4.69) is 5.32 Å². The number of nitrogens with one attached hydrogen (secondary N) is 2. The van der Waals surface area contributed by atoms with E-state index < -0.39 is 0 Å². The number of amides is 1. The Labute approximate surface area is 75.6 Å². The van der Waals surface area contributed by atoms with Gasteiger partial charge in [-0.25, -0.2) is 0 Å². The van der Waals surface area contributed by atoms with Gasteiger partial charge < -0.3 is 5.32 Å². The molecule has 64 valence electrons. The summed E-state index contributed by atoms with van der Waals surface area (Å²) in [5.41, 5.74) is 1.55. The van der Waals surface area contributed by atoms with Crippen LogP contribution in [0.5, 0.6) is 0 Å². The van der Waals surface area contributed by atoms with Crippen LogP contribution in [0.1, 0.15) is 5.56 Å². The molecule has 2 rings (SSSR count). The zero-order valence-corrected chi connectivity index (χ0v) is 6.87. The molecule has 1 aliphatic rings. The summed E-state index contributed by atoms with van der Waals surface area (Å²) in [4.78, 5) is 10.9. The summed E-state index contributed by atoms with van der Waals surface area (Å²) in [5.74, 6) is -0.0416. The van der Waals surface area contributed by atoms with E-state index >= 15 is 0 Å². The van der Waals surface area contributed by atoms with Gasteiger partial charge in [-0.05, 0) is 5.56 Å². The fourth-order valence-electron chi connectivity index (χ4n) is 1.28. The first-order valence-corrected chi connectivity index (χ1v) is 3.94. The Hall–Kier alpha value is -1.90. The van der Waals surface area contributed by atoms with Crippen LogP contribution in [-0.4, -0.2) is 11.7 Å². The molecule has 0 bridgehead atoms.